The Morgan fingerprint density at radius 1 is 1.09 bits per heavy atom. The predicted octanol–water partition coefficient (Wildman–Crippen LogP) is 2.74. The van der Waals surface area contributed by atoms with Gasteiger partial charge in [0.05, 0.1) is 5.75 Å². The van der Waals surface area contributed by atoms with E-state index in [-0.39, 0.29) is 5.75 Å². The molecule has 1 fully saturated rings. The monoisotopic (exact) mass is 332 g/mol. The van der Waals surface area contributed by atoms with Gasteiger partial charge in [-0.2, -0.15) is 0 Å². The van der Waals surface area contributed by atoms with E-state index in [1.807, 2.05) is 0 Å². The summed E-state index contributed by atoms with van der Waals surface area (Å²) >= 11 is 0. The van der Waals surface area contributed by atoms with Crippen molar-refractivity contribution in [1.29, 1.82) is 0 Å². The van der Waals surface area contributed by atoms with Gasteiger partial charge in [-0.3, -0.25) is 0 Å². The Balaban J connectivity index is 1.60. The van der Waals surface area contributed by atoms with Gasteiger partial charge in [0.2, 0.25) is 10.0 Å². The third kappa shape index (κ3) is 3.74. The van der Waals surface area contributed by atoms with Gasteiger partial charge in [-0.05, 0) is 36.1 Å². The van der Waals surface area contributed by atoms with Crippen molar-refractivity contribution in [2.75, 3.05) is 18.8 Å². The minimum atomic E-state index is -3.04. The van der Waals surface area contributed by atoms with Crippen molar-refractivity contribution >= 4 is 20.8 Å². The molecule has 1 saturated heterocycles. The van der Waals surface area contributed by atoms with Crippen LogP contribution in [0.2, 0.25) is 0 Å². The smallest absolute Gasteiger partial charge is 0.213 e. The van der Waals surface area contributed by atoms with Crippen molar-refractivity contribution in [2.24, 2.45) is 0 Å². The molecule has 1 aliphatic heterocycles. The fourth-order valence-corrected chi connectivity index (χ4v) is 4.35. The maximum Gasteiger partial charge on any atom is 0.213 e. The largest absolute Gasteiger partial charge is 0.310 e. The summed E-state index contributed by atoms with van der Waals surface area (Å²) in [5, 5.41) is 6.14. The average molecular weight is 332 g/mol. The molecule has 0 spiro atoms. The van der Waals surface area contributed by atoms with Gasteiger partial charge in [0.15, 0.2) is 0 Å². The number of nitrogens with one attached hydrogen (secondary N) is 1. The molecule has 2 aromatic carbocycles. The molecule has 0 aliphatic carbocycles. The summed E-state index contributed by atoms with van der Waals surface area (Å²) in [6.07, 6.45) is 1.76. The van der Waals surface area contributed by atoms with Gasteiger partial charge in [-0.15, -0.1) is 0 Å². The zero-order valence-electron chi connectivity index (χ0n) is 13.5. The number of fused-ring (bicyclic) bond motifs is 1. The van der Waals surface area contributed by atoms with Crippen molar-refractivity contribution in [3.05, 3.63) is 48.0 Å². The van der Waals surface area contributed by atoms with Crippen LogP contribution in [0.4, 0.5) is 0 Å². The van der Waals surface area contributed by atoms with E-state index in [0.29, 0.717) is 19.1 Å². The lowest BCUT2D eigenvalue weighted by Gasteiger charge is -2.31. The summed E-state index contributed by atoms with van der Waals surface area (Å²) in [4.78, 5) is 0. The van der Waals surface area contributed by atoms with E-state index in [9.17, 15) is 8.42 Å². The molecule has 0 amide bonds. The number of hydrogen-bond acceptors (Lipinski definition) is 3. The van der Waals surface area contributed by atoms with Gasteiger partial charge in [0.25, 0.3) is 0 Å². The van der Waals surface area contributed by atoms with Crippen LogP contribution in [0.15, 0.2) is 42.5 Å². The van der Waals surface area contributed by atoms with Gasteiger partial charge < -0.3 is 5.32 Å². The Hall–Kier alpha value is -1.43. The normalized spacial score (nSPS) is 17.6. The molecule has 0 bridgehead atoms. The minimum absolute atomic E-state index is 0.196. The highest BCUT2D eigenvalue weighted by Gasteiger charge is 2.26. The Labute approximate surface area is 138 Å². The number of rotatable bonds is 5. The van der Waals surface area contributed by atoms with Gasteiger partial charge in [-0.25, -0.2) is 12.7 Å². The van der Waals surface area contributed by atoms with E-state index in [0.717, 1.165) is 19.4 Å². The quantitative estimate of drug-likeness (QED) is 0.916. The second-order valence-electron chi connectivity index (χ2n) is 6.09. The van der Waals surface area contributed by atoms with Crippen LogP contribution in [0.1, 0.15) is 25.3 Å². The van der Waals surface area contributed by atoms with E-state index in [1.54, 1.807) is 11.2 Å². The van der Waals surface area contributed by atoms with Crippen LogP contribution in [-0.4, -0.2) is 37.6 Å². The topological polar surface area (TPSA) is 49.4 Å². The van der Waals surface area contributed by atoms with Crippen LogP contribution in [0.3, 0.4) is 0 Å². The fraction of sp³-hybridized carbons (Fsp3) is 0.444. The van der Waals surface area contributed by atoms with Crippen molar-refractivity contribution in [3.8, 4) is 0 Å². The summed E-state index contributed by atoms with van der Waals surface area (Å²) in [7, 11) is -3.04. The second-order valence-corrected chi connectivity index (χ2v) is 8.35. The van der Waals surface area contributed by atoms with E-state index in [1.165, 1.54) is 16.3 Å². The van der Waals surface area contributed by atoms with Gasteiger partial charge in [-0.1, -0.05) is 42.5 Å². The molecule has 5 heteroatoms. The van der Waals surface area contributed by atoms with Crippen LogP contribution in [0, 0.1) is 0 Å². The van der Waals surface area contributed by atoms with Crippen LogP contribution in [0.25, 0.3) is 10.8 Å². The Morgan fingerprint density at radius 3 is 2.52 bits per heavy atom. The first kappa shape index (κ1) is 16.4. The third-order valence-electron chi connectivity index (χ3n) is 4.67. The van der Waals surface area contributed by atoms with Gasteiger partial charge >= 0.3 is 0 Å². The molecule has 0 radical (unpaired) electrons. The molecule has 0 saturated carbocycles. The van der Waals surface area contributed by atoms with Crippen molar-refractivity contribution in [2.45, 2.75) is 32.4 Å². The van der Waals surface area contributed by atoms with E-state index < -0.39 is 10.0 Å². The zero-order valence-corrected chi connectivity index (χ0v) is 14.3. The molecule has 2 aromatic rings. The van der Waals surface area contributed by atoms with Crippen LogP contribution < -0.4 is 5.32 Å². The Morgan fingerprint density at radius 2 is 1.78 bits per heavy atom. The van der Waals surface area contributed by atoms with Crippen LogP contribution in [0.5, 0.6) is 0 Å². The summed E-state index contributed by atoms with van der Waals surface area (Å²) in [6.45, 7) is 3.79. The van der Waals surface area contributed by atoms with Crippen molar-refractivity contribution in [1.82, 2.24) is 9.62 Å². The lowest BCUT2D eigenvalue weighted by molar-refractivity contribution is 0.289. The first-order valence-electron chi connectivity index (χ1n) is 8.28. The lowest BCUT2D eigenvalue weighted by atomic mass is 10.0. The number of hydrogen-bond donors (Lipinski definition) is 1. The number of sulfonamides is 1. The zero-order chi connectivity index (χ0) is 16.3. The molecule has 1 heterocycles. The maximum absolute atomic E-state index is 11.9. The first-order chi connectivity index (χ1) is 11.1. The van der Waals surface area contributed by atoms with Crippen LogP contribution in [-0.2, 0) is 16.6 Å². The molecule has 0 atom stereocenters. The average Bonchev–Trinajstić information content (AvgIpc) is 2.60. The molecule has 1 N–H and O–H groups in total. The van der Waals surface area contributed by atoms with Crippen LogP contribution >= 0.6 is 0 Å². The standard InChI is InChI=1S/C18H24N2O2S/c1-2-23(21,22)20-12-10-17(11-13-20)19-14-16-8-5-7-15-6-3-4-9-18(15)16/h3-9,17,19H,2,10-14H2,1H3. The lowest BCUT2D eigenvalue weighted by Crippen LogP contribution is -2.45. The number of benzene rings is 2. The van der Waals surface area contributed by atoms with E-state index in [4.69, 9.17) is 0 Å². The Bertz CT molecular complexity index is 760. The summed E-state index contributed by atoms with van der Waals surface area (Å²) < 4.78 is 25.4. The molecule has 4 nitrogen and oxygen atoms in total. The molecular weight excluding hydrogens is 308 g/mol. The minimum Gasteiger partial charge on any atom is -0.310 e. The highest BCUT2D eigenvalue weighted by molar-refractivity contribution is 7.89. The molecule has 0 unspecified atom stereocenters. The Kier molecular flexibility index (Phi) is 4.99. The SMILES string of the molecule is CCS(=O)(=O)N1CCC(NCc2cccc3ccccc23)CC1. The molecule has 3 rings (SSSR count). The fourth-order valence-electron chi connectivity index (χ4n) is 3.22. The summed E-state index contributed by atoms with van der Waals surface area (Å²) in [5.41, 5.74) is 1.30. The van der Waals surface area contributed by atoms with E-state index in [2.05, 4.69) is 47.8 Å². The molecule has 0 aromatic heterocycles. The predicted molar refractivity (Wildman–Crippen MR) is 94.8 cm³/mol. The van der Waals surface area contributed by atoms with E-state index >= 15 is 0 Å². The highest BCUT2D eigenvalue weighted by atomic mass is 32.2. The maximum atomic E-state index is 11.9. The third-order valence-corrected chi connectivity index (χ3v) is 6.55. The molecule has 1 aliphatic rings. The highest BCUT2D eigenvalue weighted by Crippen LogP contribution is 2.20. The van der Waals surface area contributed by atoms with Gasteiger partial charge in [0.1, 0.15) is 0 Å². The van der Waals surface area contributed by atoms with Crippen molar-refractivity contribution in [3.63, 3.8) is 0 Å². The summed E-state index contributed by atoms with van der Waals surface area (Å²) in [5.74, 6) is 0.196. The summed E-state index contributed by atoms with van der Waals surface area (Å²) in [6, 6.07) is 15.2. The molecule has 23 heavy (non-hydrogen) atoms. The van der Waals surface area contributed by atoms with Gasteiger partial charge in [0, 0.05) is 25.7 Å². The van der Waals surface area contributed by atoms with Crippen molar-refractivity contribution < 1.29 is 8.42 Å². The number of nitrogens with zero attached hydrogens (tertiary/aromatic N) is 1. The molecular formula is C18H24N2O2S. The number of piperidine rings is 1. The molecule has 124 valence electrons. The first-order valence-corrected chi connectivity index (χ1v) is 9.89. The second kappa shape index (κ2) is 6.99.